The van der Waals surface area contributed by atoms with Gasteiger partial charge >= 0.3 is 0 Å². The van der Waals surface area contributed by atoms with Crippen LogP contribution in [0.25, 0.3) is 0 Å². The highest BCUT2D eigenvalue weighted by Crippen LogP contribution is 2.21. The predicted molar refractivity (Wildman–Crippen MR) is 113 cm³/mol. The zero-order chi connectivity index (χ0) is 19.9. The van der Waals surface area contributed by atoms with Crippen molar-refractivity contribution >= 4 is 29.3 Å². The van der Waals surface area contributed by atoms with E-state index in [-0.39, 0.29) is 17.7 Å². The van der Waals surface area contributed by atoms with Gasteiger partial charge in [0.25, 0.3) is 11.8 Å². The molecular formula is C22H24N2O3S. The van der Waals surface area contributed by atoms with Gasteiger partial charge in [-0.3, -0.25) is 9.59 Å². The highest BCUT2D eigenvalue weighted by molar-refractivity contribution is 8.02. The minimum absolute atomic E-state index is 0.165. The third-order valence-corrected chi connectivity index (χ3v) is 5.34. The molecule has 0 saturated heterocycles. The summed E-state index contributed by atoms with van der Waals surface area (Å²) in [6.07, 6.45) is 0. The van der Waals surface area contributed by atoms with Crippen LogP contribution in [0.1, 0.15) is 34.3 Å². The molecule has 0 aliphatic carbocycles. The van der Waals surface area contributed by atoms with Gasteiger partial charge in [-0.05, 0) is 36.1 Å². The zero-order valence-electron chi connectivity index (χ0n) is 16.0. The molecule has 2 aromatic carbocycles. The Morgan fingerprint density at radius 3 is 2.64 bits per heavy atom. The normalized spacial score (nSPS) is 14.4. The monoisotopic (exact) mass is 396 g/mol. The molecule has 0 saturated carbocycles. The molecule has 2 aromatic rings. The van der Waals surface area contributed by atoms with Crippen molar-refractivity contribution in [3.05, 3.63) is 76.4 Å². The Hall–Kier alpha value is -2.73. The maximum absolute atomic E-state index is 12.6. The standard InChI is InChI=1S/C22H24N2O3S/c1-15-8-9-18(12-19(15)24-22(26)20-14-28-11-10-27-20)21(25)23-13-16(2)17-6-4-3-5-7-17/h3-9,12,14,16H,10-11,13H2,1-2H3,(H,23,25)(H,24,26). The summed E-state index contributed by atoms with van der Waals surface area (Å²) in [5.74, 6) is 0.893. The number of hydrogen-bond donors (Lipinski definition) is 2. The first-order chi connectivity index (χ1) is 13.5. The number of ether oxygens (including phenoxy) is 1. The van der Waals surface area contributed by atoms with Crippen molar-refractivity contribution < 1.29 is 14.3 Å². The Morgan fingerprint density at radius 1 is 1.14 bits per heavy atom. The van der Waals surface area contributed by atoms with Crippen molar-refractivity contribution in [3.63, 3.8) is 0 Å². The smallest absolute Gasteiger partial charge is 0.291 e. The van der Waals surface area contributed by atoms with Gasteiger partial charge in [0.1, 0.15) is 0 Å². The van der Waals surface area contributed by atoms with Gasteiger partial charge in [0.2, 0.25) is 0 Å². The summed E-state index contributed by atoms with van der Waals surface area (Å²) < 4.78 is 5.39. The molecule has 1 atom stereocenters. The van der Waals surface area contributed by atoms with Crippen LogP contribution in [-0.2, 0) is 9.53 Å². The molecular weight excluding hydrogens is 372 g/mol. The molecule has 0 spiro atoms. The number of carbonyl (C=O) groups is 2. The minimum Gasteiger partial charge on any atom is -0.487 e. The Kier molecular flexibility index (Phi) is 6.76. The first-order valence-corrected chi connectivity index (χ1v) is 10.3. The molecule has 5 nitrogen and oxygen atoms in total. The number of hydrogen-bond acceptors (Lipinski definition) is 4. The second-order valence-corrected chi connectivity index (χ2v) is 7.68. The van der Waals surface area contributed by atoms with Crippen LogP contribution in [-0.4, -0.2) is 30.7 Å². The molecule has 0 bridgehead atoms. The third-order valence-electron chi connectivity index (χ3n) is 4.56. The molecule has 1 heterocycles. The van der Waals surface area contributed by atoms with Crippen LogP contribution >= 0.6 is 11.8 Å². The predicted octanol–water partition coefficient (Wildman–Crippen LogP) is 4.07. The van der Waals surface area contributed by atoms with Crippen molar-refractivity contribution in [2.45, 2.75) is 19.8 Å². The summed E-state index contributed by atoms with van der Waals surface area (Å²) in [6.45, 7) is 5.02. The second kappa shape index (κ2) is 9.46. The summed E-state index contributed by atoms with van der Waals surface area (Å²) in [7, 11) is 0. The van der Waals surface area contributed by atoms with Crippen LogP contribution < -0.4 is 10.6 Å². The molecule has 1 aliphatic heterocycles. The van der Waals surface area contributed by atoms with Crippen molar-refractivity contribution in [1.82, 2.24) is 5.32 Å². The number of amides is 2. The van der Waals surface area contributed by atoms with Crippen molar-refractivity contribution in [2.24, 2.45) is 0 Å². The quantitative estimate of drug-likeness (QED) is 0.772. The number of rotatable bonds is 6. The summed E-state index contributed by atoms with van der Waals surface area (Å²) in [6, 6.07) is 15.4. The number of aryl methyl sites for hydroxylation is 1. The number of thioether (sulfide) groups is 1. The lowest BCUT2D eigenvalue weighted by molar-refractivity contribution is -0.116. The molecule has 0 aromatic heterocycles. The number of benzene rings is 2. The van der Waals surface area contributed by atoms with Gasteiger partial charge in [-0.1, -0.05) is 43.3 Å². The maximum Gasteiger partial charge on any atom is 0.291 e. The maximum atomic E-state index is 12.6. The number of carbonyl (C=O) groups excluding carboxylic acids is 2. The number of nitrogens with one attached hydrogen (secondary N) is 2. The third kappa shape index (κ3) is 5.16. The van der Waals surface area contributed by atoms with E-state index in [1.54, 1.807) is 29.3 Å². The molecule has 146 valence electrons. The van der Waals surface area contributed by atoms with E-state index in [1.807, 2.05) is 31.2 Å². The van der Waals surface area contributed by atoms with Gasteiger partial charge in [0.05, 0.1) is 6.61 Å². The lowest BCUT2D eigenvalue weighted by Crippen LogP contribution is -2.27. The molecule has 28 heavy (non-hydrogen) atoms. The molecule has 1 aliphatic rings. The van der Waals surface area contributed by atoms with Gasteiger partial charge in [-0.15, -0.1) is 11.8 Å². The molecule has 3 rings (SSSR count). The molecule has 0 radical (unpaired) electrons. The van der Waals surface area contributed by atoms with Crippen LogP contribution in [0.15, 0.2) is 59.7 Å². The highest BCUT2D eigenvalue weighted by atomic mass is 32.2. The van der Waals surface area contributed by atoms with E-state index < -0.39 is 0 Å². The van der Waals surface area contributed by atoms with E-state index in [2.05, 4.69) is 29.7 Å². The van der Waals surface area contributed by atoms with Gasteiger partial charge < -0.3 is 15.4 Å². The van der Waals surface area contributed by atoms with Crippen LogP contribution in [0.2, 0.25) is 0 Å². The topological polar surface area (TPSA) is 67.4 Å². The van der Waals surface area contributed by atoms with E-state index in [1.165, 1.54) is 5.56 Å². The lowest BCUT2D eigenvalue weighted by atomic mass is 10.0. The van der Waals surface area contributed by atoms with Crippen LogP contribution in [0.4, 0.5) is 5.69 Å². The lowest BCUT2D eigenvalue weighted by Gasteiger charge is -2.16. The van der Waals surface area contributed by atoms with Crippen molar-refractivity contribution in [3.8, 4) is 0 Å². The van der Waals surface area contributed by atoms with Gasteiger partial charge in [-0.2, -0.15) is 0 Å². The Labute approximate surface area is 169 Å². The summed E-state index contributed by atoms with van der Waals surface area (Å²) in [5, 5.41) is 7.53. The Bertz CT molecular complexity index is 881. The first-order valence-electron chi connectivity index (χ1n) is 9.24. The van der Waals surface area contributed by atoms with Crippen LogP contribution in [0.5, 0.6) is 0 Å². The Balaban J connectivity index is 1.64. The largest absolute Gasteiger partial charge is 0.487 e. The van der Waals surface area contributed by atoms with Crippen molar-refractivity contribution in [1.29, 1.82) is 0 Å². The fraction of sp³-hybridized carbons (Fsp3) is 0.273. The summed E-state index contributed by atoms with van der Waals surface area (Å²) in [5.41, 5.74) is 3.17. The molecule has 0 fully saturated rings. The van der Waals surface area contributed by atoms with E-state index in [4.69, 9.17) is 4.74 Å². The van der Waals surface area contributed by atoms with E-state index >= 15 is 0 Å². The first kappa shape index (κ1) is 20.0. The van der Waals surface area contributed by atoms with Crippen LogP contribution in [0, 0.1) is 6.92 Å². The average Bonchev–Trinajstić information content (AvgIpc) is 2.74. The summed E-state index contributed by atoms with van der Waals surface area (Å²) in [4.78, 5) is 24.9. The van der Waals surface area contributed by atoms with E-state index in [0.29, 0.717) is 30.2 Å². The van der Waals surface area contributed by atoms with Gasteiger partial charge in [0.15, 0.2) is 5.76 Å². The highest BCUT2D eigenvalue weighted by Gasteiger charge is 2.17. The van der Waals surface area contributed by atoms with Crippen molar-refractivity contribution in [2.75, 3.05) is 24.2 Å². The van der Waals surface area contributed by atoms with Gasteiger partial charge in [-0.25, -0.2) is 0 Å². The molecule has 1 unspecified atom stereocenters. The average molecular weight is 397 g/mol. The molecule has 2 N–H and O–H groups in total. The van der Waals surface area contributed by atoms with E-state index in [9.17, 15) is 9.59 Å². The zero-order valence-corrected chi connectivity index (χ0v) is 16.8. The van der Waals surface area contributed by atoms with E-state index in [0.717, 1.165) is 11.3 Å². The van der Waals surface area contributed by atoms with Gasteiger partial charge in [0, 0.05) is 29.0 Å². The Morgan fingerprint density at radius 2 is 1.93 bits per heavy atom. The fourth-order valence-corrected chi connectivity index (χ4v) is 3.44. The molecule has 2 amide bonds. The second-order valence-electron chi connectivity index (χ2n) is 6.71. The molecule has 6 heteroatoms. The fourth-order valence-electron chi connectivity index (χ4n) is 2.82. The SMILES string of the molecule is Cc1ccc(C(=O)NCC(C)c2ccccc2)cc1NC(=O)C1=CSCCO1. The summed E-state index contributed by atoms with van der Waals surface area (Å²) >= 11 is 1.55. The number of anilines is 1. The van der Waals surface area contributed by atoms with Crippen LogP contribution in [0.3, 0.4) is 0 Å². The minimum atomic E-state index is -0.300.